The monoisotopic (exact) mass is 434 g/mol. The molecule has 0 bridgehead atoms. The molecule has 2 amide bonds. The number of nitrogens with one attached hydrogen (secondary N) is 1. The first-order valence-corrected chi connectivity index (χ1v) is 10.2. The van der Waals surface area contributed by atoms with Crippen molar-refractivity contribution in [3.8, 4) is 11.5 Å². The van der Waals surface area contributed by atoms with E-state index in [1.165, 1.54) is 11.0 Å². The zero-order valence-corrected chi connectivity index (χ0v) is 17.8. The number of methoxy groups -OCH3 is 1. The van der Waals surface area contributed by atoms with Crippen molar-refractivity contribution >= 4 is 23.2 Å². The van der Waals surface area contributed by atoms with Gasteiger partial charge < -0.3 is 19.7 Å². The average molecular weight is 434 g/mol. The topological polar surface area (TPSA) is 67.9 Å². The summed E-state index contributed by atoms with van der Waals surface area (Å²) in [5.74, 6) is 0.360. The van der Waals surface area contributed by atoms with Gasteiger partial charge in [0, 0.05) is 11.3 Å². The molecule has 3 aromatic rings. The van der Waals surface area contributed by atoms with E-state index in [1.807, 2.05) is 12.1 Å². The molecule has 164 valence electrons. The molecule has 7 heteroatoms. The summed E-state index contributed by atoms with van der Waals surface area (Å²) in [5.41, 5.74) is 2.25. The zero-order chi connectivity index (χ0) is 22.7. The van der Waals surface area contributed by atoms with Gasteiger partial charge in [-0.15, -0.1) is 0 Å². The SMILES string of the molecule is COc1ccc(CC(=O)Nc2ccc3c(c2)N(Cc2ccccc2F)C(=O)C(C)O3)cc1. The molecule has 0 aliphatic carbocycles. The van der Waals surface area contributed by atoms with Crippen LogP contribution in [0.5, 0.6) is 11.5 Å². The molecule has 0 saturated heterocycles. The summed E-state index contributed by atoms with van der Waals surface area (Å²) in [6.45, 7) is 1.72. The van der Waals surface area contributed by atoms with Gasteiger partial charge in [-0.25, -0.2) is 4.39 Å². The number of fused-ring (bicyclic) bond motifs is 1. The fourth-order valence-corrected chi connectivity index (χ4v) is 3.58. The molecular weight excluding hydrogens is 411 g/mol. The molecule has 1 aliphatic heterocycles. The number of nitrogens with zero attached hydrogens (tertiary/aromatic N) is 1. The van der Waals surface area contributed by atoms with Crippen LogP contribution in [0.2, 0.25) is 0 Å². The van der Waals surface area contributed by atoms with Gasteiger partial charge in [-0.2, -0.15) is 0 Å². The van der Waals surface area contributed by atoms with Crippen molar-refractivity contribution in [1.29, 1.82) is 0 Å². The first kappa shape index (κ1) is 21.4. The molecule has 3 aromatic carbocycles. The number of anilines is 2. The van der Waals surface area contributed by atoms with Gasteiger partial charge in [-0.05, 0) is 48.9 Å². The summed E-state index contributed by atoms with van der Waals surface area (Å²) in [6.07, 6.45) is -0.503. The van der Waals surface area contributed by atoms with Crippen LogP contribution in [0.4, 0.5) is 15.8 Å². The molecular formula is C25H23FN2O4. The highest BCUT2D eigenvalue weighted by atomic mass is 19.1. The fraction of sp³-hybridized carbons (Fsp3) is 0.200. The second-order valence-corrected chi connectivity index (χ2v) is 7.53. The Hall–Kier alpha value is -3.87. The summed E-state index contributed by atoms with van der Waals surface area (Å²) < 4.78 is 25.1. The normalized spacial score (nSPS) is 15.0. The molecule has 6 nitrogen and oxygen atoms in total. The van der Waals surface area contributed by atoms with Gasteiger partial charge in [-0.1, -0.05) is 30.3 Å². The number of ether oxygens (including phenoxy) is 2. The lowest BCUT2D eigenvalue weighted by atomic mass is 10.1. The molecule has 1 unspecified atom stereocenters. The van der Waals surface area contributed by atoms with Crippen molar-refractivity contribution in [3.63, 3.8) is 0 Å². The van der Waals surface area contributed by atoms with Crippen LogP contribution >= 0.6 is 0 Å². The predicted octanol–water partition coefficient (Wildman–Crippen LogP) is 4.33. The lowest BCUT2D eigenvalue weighted by Gasteiger charge is -2.33. The first-order valence-electron chi connectivity index (χ1n) is 10.2. The number of benzene rings is 3. The Kier molecular flexibility index (Phi) is 6.07. The maximum atomic E-state index is 14.2. The lowest BCUT2D eigenvalue weighted by molar-refractivity contribution is -0.125. The number of carbonyl (C=O) groups is 2. The summed E-state index contributed by atoms with van der Waals surface area (Å²) in [4.78, 5) is 26.8. The van der Waals surface area contributed by atoms with E-state index in [4.69, 9.17) is 9.47 Å². The van der Waals surface area contributed by atoms with Crippen molar-refractivity contribution in [3.05, 3.63) is 83.7 Å². The highest BCUT2D eigenvalue weighted by Crippen LogP contribution is 2.37. The van der Waals surface area contributed by atoms with Gasteiger partial charge >= 0.3 is 0 Å². The van der Waals surface area contributed by atoms with Gasteiger partial charge in [-0.3, -0.25) is 9.59 Å². The maximum absolute atomic E-state index is 14.2. The molecule has 0 aromatic heterocycles. The van der Waals surface area contributed by atoms with E-state index in [0.29, 0.717) is 22.7 Å². The molecule has 0 fully saturated rings. The van der Waals surface area contributed by atoms with E-state index in [1.54, 1.807) is 62.6 Å². The number of hydrogen-bond acceptors (Lipinski definition) is 4. The molecule has 4 rings (SSSR count). The van der Waals surface area contributed by atoms with E-state index < -0.39 is 6.10 Å². The Balaban J connectivity index is 1.54. The molecule has 1 N–H and O–H groups in total. The average Bonchev–Trinajstić information content (AvgIpc) is 2.79. The minimum Gasteiger partial charge on any atom is -0.497 e. The van der Waals surface area contributed by atoms with Crippen LogP contribution in [0.15, 0.2) is 66.7 Å². The number of hydrogen-bond donors (Lipinski definition) is 1. The maximum Gasteiger partial charge on any atom is 0.268 e. The van der Waals surface area contributed by atoms with Gasteiger partial charge in [0.1, 0.15) is 17.3 Å². The van der Waals surface area contributed by atoms with Crippen LogP contribution in [0.1, 0.15) is 18.1 Å². The van der Waals surface area contributed by atoms with Crippen molar-refractivity contribution in [1.82, 2.24) is 0 Å². The first-order chi connectivity index (χ1) is 15.4. The molecule has 1 heterocycles. The van der Waals surface area contributed by atoms with E-state index in [2.05, 4.69) is 5.32 Å². The molecule has 0 saturated carbocycles. The second kappa shape index (κ2) is 9.09. The van der Waals surface area contributed by atoms with Crippen LogP contribution in [-0.4, -0.2) is 25.0 Å². The third kappa shape index (κ3) is 4.56. The molecule has 1 atom stereocenters. The van der Waals surface area contributed by atoms with Crippen molar-refractivity contribution in [2.45, 2.75) is 26.0 Å². The Labute approximate surface area is 185 Å². The van der Waals surface area contributed by atoms with Crippen molar-refractivity contribution in [2.75, 3.05) is 17.3 Å². The Morgan fingerprint density at radius 3 is 2.59 bits per heavy atom. The van der Waals surface area contributed by atoms with Crippen LogP contribution < -0.4 is 19.7 Å². The Bertz CT molecular complexity index is 1150. The number of halogens is 1. The van der Waals surface area contributed by atoms with Crippen LogP contribution in [-0.2, 0) is 22.6 Å². The molecule has 0 radical (unpaired) electrons. The van der Waals surface area contributed by atoms with Crippen molar-refractivity contribution in [2.24, 2.45) is 0 Å². The quantitative estimate of drug-likeness (QED) is 0.627. The Morgan fingerprint density at radius 2 is 1.88 bits per heavy atom. The highest BCUT2D eigenvalue weighted by molar-refractivity contribution is 6.01. The number of carbonyl (C=O) groups excluding carboxylic acids is 2. The van der Waals surface area contributed by atoms with E-state index >= 15 is 0 Å². The molecule has 1 aliphatic rings. The molecule has 32 heavy (non-hydrogen) atoms. The third-order valence-corrected chi connectivity index (χ3v) is 5.26. The standard InChI is InChI=1S/C25H23FN2O4/c1-16-25(30)28(15-18-5-3-4-6-21(18)26)22-14-19(9-12-23(22)32-16)27-24(29)13-17-7-10-20(31-2)11-8-17/h3-12,14,16H,13,15H2,1-2H3,(H,27,29). The molecule has 0 spiro atoms. The summed E-state index contributed by atoms with van der Waals surface area (Å²) in [6, 6.07) is 18.7. The summed E-state index contributed by atoms with van der Waals surface area (Å²) >= 11 is 0. The second-order valence-electron chi connectivity index (χ2n) is 7.53. The lowest BCUT2D eigenvalue weighted by Crippen LogP contribution is -2.44. The summed E-state index contributed by atoms with van der Waals surface area (Å²) in [5, 5.41) is 2.85. The predicted molar refractivity (Wildman–Crippen MR) is 119 cm³/mol. The van der Waals surface area contributed by atoms with E-state index in [9.17, 15) is 14.0 Å². The van der Waals surface area contributed by atoms with Gasteiger partial charge in [0.2, 0.25) is 5.91 Å². The van der Waals surface area contributed by atoms with Gasteiger partial charge in [0.25, 0.3) is 5.91 Å². The fourth-order valence-electron chi connectivity index (χ4n) is 3.58. The Morgan fingerprint density at radius 1 is 1.12 bits per heavy atom. The summed E-state index contributed by atoms with van der Waals surface area (Å²) in [7, 11) is 1.59. The van der Waals surface area contributed by atoms with Crippen LogP contribution in [0.25, 0.3) is 0 Å². The van der Waals surface area contributed by atoms with Crippen LogP contribution in [0.3, 0.4) is 0 Å². The van der Waals surface area contributed by atoms with Crippen molar-refractivity contribution < 1.29 is 23.5 Å². The third-order valence-electron chi connectivity index (χ3n) is 5.26. The van der Waals surface area contributed by atoms with Crippen LogP contribution in [0, 0.1) is 5.82 Å². The van der Waals surface area contributed by atoms with Gasteiger partial charge in [0.05, 0.1) is 25.8 Å². The highest BCUT2D eigenvalue weighted by Gasteiger charge is 2.32. The minimum absolute atomic E-state index is 0.0649. The zero-order valence-electron chi connectivity index (χ0n) is 17.8. The van der Waals surface area contributed by atoms with E-state index in [0.717, 1.165) is 11.3 Å². The smallest absolute Gasteiger partial charge is 0.268 e. The van der Waals surface area contributed by atoms with E-state index in [-0.39, 0.29) is 30.6 Å². The number of amides is 2. The number of rotatable bonds is 6. The largest absolute Gasteiger partial charge is 0.497 e. The van der Waals surface area contributed by atoms with Gasteiger partial charge in [0.15, 0.2) is 6.10 Å². The minimum atomic E-state index is -0.690.